The first-order chi connectivity index (χ1) is 13.1. The van der Waals surface area contributed by atoms with E-state index >= 15 is 0 Å². The van der Waals surface area contributed by atoms with Gasteiger partial charge in [0, 0.05) is 6.04 Å². The highest BCUT2D eigenvalue weighted by atomic mass is 32.2. The summed E-state index contributed by atoms with van der Waals surface area (Å²) in [7, 11) is 0. The normalized spacial score (nSPS) is 17.8. The average Bonchev–Trinajstić information content (AvgIpc) is 3.17. The van der Waals surface area contributed by atoms with Crippen molar-refractivity contribution in [2.24, 2.45) is 0 Å². The second kappa shape index (κ2) is 9.12. The van der Waals surface area contributed by atoms with Gasteiger partial charge in [-0.3, -0.25) is 14.5 Å². The van der Waals surface area contributed by atoms with Crippen molar-refractivity contribution in [1.82, 2.24) is 10.6 Å². The van der Waals surface area contributed by atoms with Crippen LogP contribution in [0.25, 0.3) is 0 Å². The first-order valence-corrected chi connectivity index (χ1v) is 10.7. The summed E-state index contributed by atoms with van der Waals surface area (Å²) >= 11 is 1.63. The van der Waals surface area contributed by atoms with E-state index in [1.807, 2.05) is 12.3 Å². The van der Waals surface area contributed by atoms with Crippen LogP contribution in [0.2, 0.25) is 0 Å². The molecule has 1 aromatic carbocycles. The van der Waals surface area contributed by atoms with Gasteiger partial charge in [0.2, 0.25) is 11.8 Å². The fraction of sp³-hybridized carbons (Fsp3) is 0.526. The molecule has 27 heavy (non-hydrogen) atoms. The molecule has 8 heteroatoms. The number of thioether (sulfide) groups is 1. The van der Waals surface area contributed by atoms with E-state index in [0.717, 1.165) is 31.4 Å². The molecule has 0 spiro atoms. The molecule has 4 amide bonds. The van der Waals surface area contributed by atoms with Crippen molar-refractivity contribution in [3.05, 3.63) is 24.3 Å². The van der Waals surface area contributed by atoms with Gasteiger partial charge >= 0.3 is 6.03 Å². The largest absolute Gasteiger partial charge is 0.352 e. The zero-order valence-electron chi connectivity index (χ0n) is 15.5. The SMILES string of the molecule is CSCCC(NC(=O)N1CC(=O)Nc2ccccc21)C(=O)NC1CCCC1. The quantitative estimate of drug-likeness (QED) is 0.695. The van der Waals surface area contributed by atoms with E-state index in [1.54, 1.807) is 30.0 Å². The van der Waals surface area contributed by atoms with Gasteiger partial charge in [-0.2, -0.15) is 11.8 Å². The molecule has 7 nitrogen and oxygen atoms in total. The zero-order valence-corrected chi connectivity index (χ0v) is 16.3. The minimum Gasteiger partial charge on any atom is -0.352 e. The molecule has 1 atom stereocenters. The van der Waals surface area contributed by atoms with Crippen LogP contribution in [0.5, 0.6) is 0 Å². The molecule has 1 heterocycles. The van der Waals surface area contributed by atoms with E-state index in [2.05, 4.69) is 16.0 Å². The van der Waals surface area contributed by atoms with Gasteiger partial charge in [-0.05, 0) is 43.4 Å². The van der Waals surface area contributed by atoms with Gasteiger partial charge in [-0.15, -0.1) is 0 Å². The fourth-order valence-corrected chi connectivity index (χ4v) is 3.99. The van der Waals surface area contributed by atoms with Crippen molar-refractivity contribution in [3.8, 4) is 0 Å². The molecule has 3 N–H and O–H groups in total. The van der Waals surface area contributed by atoms with Gasteiger partial charge in [0.1, 0.15) is 12.6 Å². The lowest BCUT2D eigenvalue weighted by atomic mass is 10.1. The van der Waals surface area contributed by atoms with Crippen molar-refractivity contribution in [1.29, 1.82) is 0 Å². The van der Waals surface area contributed by atoms with Crippen molar-refractivity contribution < 1.29 is 14.4 Å². The molecule has 0 bridgehead atoms. The summed E-state index contributed by atoms with van der Waals surface area (Å²) in [6, 6.07) is 6.32. The molecule has 1 aromatic rings. The first-order valence-electron chi connectivity index (χ1n) is 9.34. The highest BCUT2D eigenvalue weighted by Gasteiger charge is 2.30. The van der Waals surface area contributed by atoms with Crippen LogP contribution >= 0.6 is 11.8 Å². The van der Waals surface area contributed by atoms with Crippen LogP contribution in [0.3, 0.4) is 0 Å². The Hall–Kier alpha value is -2.22. The lowest BCUT2D eigenvalue weighted by molar-refractivity contribution is -0.123. The number of benzene rings is 1. The molecule has 146 valence electrons. The number of nitrogens with one attached hydrogen (secondary N) is 3. The van der Waals surface area contributed by atoms with Crippen LogP contribution in [-0.4, -0.2) is 48.5 Å². The van der Waals surface area contributed by atoms with Gasteiger partial charge in [-0.25, -0.2) is 4.79 Å². The summed E-state index contributed by atoms with van der Waals surface area (Å²) in [5.41, 5.74) is 1.23. The van der Waals surface area contributed by atoms with Gasteiger partial charge in [0.25, 0.3) is 0 Å². The van der Waals surface area contributed by atoms with Gasteiger partial charge in [0.15, 0.2) is 0 Å². The molecule has 1 unspecified atom stereocenters. The number of fused-ring (bicyclic) bond motifs is 1. The lowest BCUT2D eigenvalue weighted by Gasteiger charge is -2.31. The smallest absolute Gasteiger partial charge is 0.323 e. The van der Waals surface area contributed by atoms with E-state index in [4.69, 9.17) is 0 Å². The summed E-state index contributed by atoms with van der Waals surface area (Å²) in [5, 5.41) is 8.66. The van der Waals surface area contributed by atoms with Crippen LogP contribution in [0.4, 0.5) is 16.2 Å². The Bertz CT molecular complexity index is 706. The maximum atomic E-state index is 12.9. The monoisotopic (exact) mass is 390 g/mol. The molecule has 3 rings (SSSR count). The fourth-order valence-electron chi connectivity index (χ4n) is 3.52. The number of hydrogen-bond acceptors (Lipinski definition) is 4. The van der Waals surface area contributed by atoms with Crippen molar-refractivity contribution in [2.45, 2.75) is 44.2 Å². The van der Waals surface area contributed by atoms with Crippen molar-refractivity contribution in [3.63, 3.8) is 0 Å². The highest BCUT2D eigenvalue weighted by Crippen LogP contribution is 2.28. The minimum absolute atomic E-state index is 0.0671. The van der Waals surface area contributed by atoms with Crippen molar-refractivity contribution >= 4 is 41.0 Å². The van der Waals surface area contributed by atoms with Gasteiger partial charge < -0.3 is 16.0 Å². The summed E-state index contributed by atoms with van der Waals surface area (Å²) < 4.78 is 0. The van der Waals surface area contributed by atoms with Gasteiger partial charge in [0.05, 0.1) is 11.4 Å². The molecule has 1 saturated carbocycles. The highest BCUT2D eigenvalue weighted by molar-refractivity contribution is 7.98. The van der Waals surface area contributed by atoms with Crippen LogP contribution in [0.15, 0.2) is 24.3 Å². The van der Waals surface area contributed by atoms with E-state index in [9.17, 15) is 14.4 Å². The molecule has 1 fully saturated rings. The molecule has 1 aliphatic carbocycles. The number of nitrogens with zero attached hydrogens (tertiary/aromatic N) is 1. The predicted molar refractivity (Wildman–Crippen MR) is 108 cm³/mol. The van der Waals surface area contributed by atoms with E-state index in [-0.39, 0.29) is 24.4 Å². The zero-order chi connectivity index (χ0) is 19.2. The summed E-state index contributed by atoms with van der Waals surface area (Å²) in [6.45, 7) is -0.0671. The third-order valence-corrected chi connectivity index (χ3v) is 5.59. The van der Waals surface area contributed by atoms with Crippen molar-refractivity contribution in [2.75, 3.05) is 28.8 Å². The number of carbonyl (C=O) groups excluding carboxylic acids is 3. The molecular formula is C19H26N4O3S. The second-order valence-corrected chi connectivity index (χ2v) is 7.91. The topological polar surface area (TPSA) is 90.5 Å². The molecule has 0 aromatic heterocycles. The lowest BCUT2D eigenvalue weighted by Crippen LogP contribution is -2.55. The first kappa shape index (κ1) is 19.5. The van der Waals surface area contributed by atoms with E-state index in [1.165, 1.54) is 4.90 Å². The van der Waals surface area contributed by atoms with Crippen LogP contribution in [-0.2, 0) is 9.59 Å². The van der Waals surface area contributed by atoms with E-state index < -0.39 is 12.1 Å². The Morgan fingerprint density at radius 2 is 2.04 bits per heavy atom. The third kappa shape index (κ3) is 4.94. The van der Waals surface area contributed by atoms with Gasteiger partial charge in [-0.1, -0.05) is 25.0 Å². The van der Waals surface area contributed by atoms with Crippen LogP contribution in [0.1, 0.15) is 32.1 Å². The Morgan fingerprint density at radius 1 is 1.30 bits per heavy atom. The Balaban J connectivity index is 1.70. The second-order valence-electron chi connectivity index (χ2n) is 6.92. The summed E-state index contributed by atoms with van der Waals surface area (Å²) in [5.74, 6) is 0.374. The number of carbonyl (C=O) groups is 3. The molecular weight excluding hydrogens is 364 g/mol. The maximum Gasteiger partial charge on any atom is 0.323 e. The van der Waals surface area contributed by atoms with Crippen LogP contribution in [0, 0.1) is 0 Å². The standard InChI is InChI=1S/C19H26N4O3S/c1-27-11-10-15(18(25)20-13-6-2-3-7-13)22-19(26)23-12-17(24)21-14-8-4-5-9-16(14)23/h4-5,8-9,13,15H,2-3,6-7,10-12H2,1H3,(H,20,25)(H,21,24)(H,22,26). The minimum atomic E-state index is -0.609. The number of anilines is 2. The molecule has 2 aliphatic rings. The third-order valence-electron chi connectivity index (χ3n) is 4.94. The summed E-state index contributed by atoms with van der Waals surface area (Å²) in [6.07, 6.45) is 6.77. The van der Waals surface area contributed by atoms with E-state index in [0.29, 0.717) is 17.8 Å². The number of urea groups is 1. The number of rotatable bonds is 6. The summed E-state index contributed by atoms with van der Waals surface area (Å²) in [4.78, 5) is 38.9. The maximum absolute atomic E-state index is 12.9. The number of para-hydroxylation sites is 2. The molecule has 0 saturated heterocycles. The Labute approximate surface area is 163 Å². The van der Waals surface area contributed by atoms with Crippen LogP contribution < -0.4 is 20.9 Å². The Morgan fingerprint density at radius 3 is 2.78 bits per heavy atom. The molecule has 0 radical (unpaired) electrons. The number of hydrogen-bond donors (Lipinski definition) is 3. The number of amides is 4. The predicted octanol–water partition coefficient (Wildman–Crippen LogP) is 2.34. The Kier molecular flexibility index (Phi) is 6.60. The average molecular weight is 391 g/mol. The molecule has 1 aliphatic heterocycles.